The molecule has 4 heterocycles. The quantitative estimate of drug-likeness (QED) is 0.520. The molecule has 10 heteroatoms. The maximum atomic E-state index is 6.18. The van der Waals surface area contributed by atoms with Gasteiger partial charge in [-0.3, -0.25) is 9.58 Å². The molecule has 0 aliphatic carbocycles. The van der Waals surface area contributed by atoms with E-state index in [1.54, 1.807) is 11.6 Å². The molecule has 0 amide bonds. The lowest BCUT2D eigenvalue weighted by molar-refractivity contribution is 0.177. The molecule has 0 bridgehead atoms. The van der Waals surface area contributed by atoms with Crippen molar-refractivity contribution >= 4 is 28.2 Å². The maximum Gasteiger partial charge on any atom is 0.223 e. The van der Waals surface area contributed by atoms with Gasteiger partial charge in [0.1, 0.15) is 11.3 Å². The molecule has 0 spiro atoms. The van der Waals surface area contributed by atoms with E-state index in [0.717, 1.165) is 37.4 Å². The third kappa shape index (κ3) is 3.42. The van der Waals surface area contributed by atoms with Crippen LogP contribution in [0, 0.1) is 0 Å². The van der Waals surface area contributed by atoms with Crippen LogP contribution in [-0.2, 0) is 13.1 Å². The van der Waals surface area contributed by atoms with E-state index in [-0.39, 0.29) is 0 Å². The number of aryl methyl sites for hydroxylation is 1. The van der Waals surface area contributed by atoms with Crippen molar-refractivity contribution in [3.63, 3.8) is 0 Å². The number of nitrogen functional groups attached to an aromatic ring is 1. The van der Waals surface area contributed by atoms with Crippen molar-refractivity contribution in [2.24, 2.45) is 0 Å². The summed E-state index contributed by atoms with van der Waals surface area (Å²) < 4.78 is 9.02. The second-order valence-corrected chi connectivity index (χ2v) is 7.91. The molecule has 1 saturated heterocycles. The first-order valence-electron chi connectivity index (χ1n) is 10.6. The lowest BCUT2D eigenvalue weighted by atomic mass is 10.2. The molecule has 1 aliphatic rings. The Morgan fingerprint density at radius 3 is 2.84 bits per heavy atom. The van der Waals surface area contributed by atoms with Crippen molar-refractivity contribution in [2.45, 2.75) is 33.0 Å². The van der Waals surface area contributed by atoms with E-state index in [9.17, 15) is 0 Å². The number of piperazine rings is 1. The number of hydrogen-bond acceptors (Lipinski definition) is 8. The molecular formula is C21H27N9O. The van der Waals surface area contributed by atoms with Crippen LogP contribution < -0.4 is 15.4 Å². The molecule has 0 unspecified atom stereocenters. The van der Waals surface area contributed by atoms with Gasteiger partial charge >= 0.3 is 0 Å². The van der Waals surface area contributed by atoms with Crippen LogP contribution in [0.3, 0.4) is 0 Å². The van der Waals surface area contributed by atoms with Gasteiger partial charge in [-0.05, 0) is 26.0 Å². The topological polar surface area (TPSA) is 103 Å². The molecule has 31 heavy (non-hydrogen) atoms. The summed E-state index contributed by atoms with van der Waals surface area (Å²) >= 11 is 0. The van der Waals surface area contributed by atoms with Gasteiger partial charge in [0.25, 0.3) is 0 Å². The molecule has 4 aromatic rings. The highest BCUT2D eigenvalue weighted by atomic mass is 16.5. The van der Waals surface area contributed by atoms with Crippen LogP contribution in [0.15, 0.2) is 30.6 Å². The molecule has 0 radical (unpaired) electrons. The van der Waals surface area contributed by atoms with Crippen LogP contribution in [0.2, 0.25) is 0 Å². The first kappa shape index (κ1) is 19.6. The molecule has 5 rings (SSSR count). The van der Waals surface area contributed by atoms with Gasteiger partial charge in [0.15, 0.2) is 11.5 Å². The summed E-state index contributed by atoms with van der Waals surface area (Å²) in [6.07, 6.45) is 4.06. The van der Waals surface area contributed by atoms with E-state index in [0.29, 0.717) is 35.4 Å². The number of hydrogen-bond donors (Lipinski definition) is 1. The van der Waals surface area contributed by atoms with Gasteiger partial charge in [-0.25, -0.2) is 9.97 Å². The number of benzene rings is 1. The Labute approximate surface area is 180 Å². The number of ether oxygens (including phenoxy) is 1. The molecule has 10 nitrogen and oxygen atoms in total. The molecule has 1 atom stereocenters. The second kappa shape index (κ2) is 7.69. The minimum Gasteiger partial charge on any atom is -0.494 e. The smallest absolute Gasteiger partial charge is 0.223 e. The van der Waals surface area contributed by atoms with E-state index in [2.05, 4.69) is 45.0 Å². The number of rotatable bonds is 5. The molecule has 3 aromatic heterocycles. The van der Waals surface area contributed by atoms with Crippen LogP contribution in [0.5, 0.6) is 5.75 Å². The van der Waals surface area contributed by atoms with Gasteiger partial charge in [-0.1, -0.05) is 6.07 Å². The zero-order valence-electron chi connectivity index (χ0n) is 18.1. The Kier molecular flexibility index (Phi) is 4.85. The zero-order valence-corrected chi connectivity index (χ0v) is 18.1. The number of nitrogens with two attached hydrogens (primary N) is 1. The number of para-hydroxylation sites is 1. The standard InChI is InChI=1S/C21H27N9O/c1-4-29-12-15(10-23-29)28-9-8-27(14(2)11-28)13-18-24-20-16-6-5-7-17(31-3)19(16)25-21(22)30(20)26-18/h5-7,10,12,14H,4,8-9,11,13H2,1-3H3,(H2,22,25)/t14-/m1/s1. The summed E-state index contributed by atoms with van der Waals surface area (Å²) in [4.78, 5) is 14.1. The van der Waals surface area contributed by atoms with Crippen molar-refractivity contribution in [3.8, 4) is 5.75 Å². The number of fused-ring (bicyclic) bond motifs is 3. The molecule has 2 N–H and O–H groups in total. The third-order valence-electron chi connectivity index (χ3n) is 5.97. The van der Waals surface area contributed by atoms with E-state index in [1.165, 1.54) is 5.69 Å². The summed E-state index contributed by atoms with van der Waals surface area (Å²) in [6, 6.07) is 6.12. The molecule has 1 aromatic carbocycles. The Hall–Kier alpha value is -3.40. The number of anilines is 2. The predicted molar refractivity (Wildman–Crippen MR) is 119 cm³/mol. The van der Waals surface area contributed by atoms with Crippen LogP contribution in [0.1, 0.15) is 19.7 Å². The van der Waals surface area contributed by atoms with Gasteiger partial charge in [-0.2, -0.15) is 9.61 Å². The van der Waals surface area contributed by atoms with E-state index < -0.39 is 0 Å². The van der Waals surface area contributed by atoms with Crippen molar-refractivity contribution in [3.05, 3.63) is 36.4 Å². The van der Waals surface area contributed by atoms with Crippen LogP contribution >= 0.6 is 0 Å². The van der Waals surface area contributed by atoms with Crippen LogP contribution in [-0.4, -0.2) is 67.0 Å². The van der Waals surface area contributed by atoms with E-state index in [4.69, 9.17) is 15.5 Å². The van der Waals surface area contributed by atoms with Gasteiger partial charge in [0.2, 0.25) is 5.95 Å². The third-order valence-corrected chi connectivity index (χ3v) is 5.97. The number of methoxy groups -OCH3 is 1. The van der Waals surface area contributed by atoms with Gasteiger partial charge in [-0.15, -0.1) is 5.10 Å². The summed E-state index contributed by atoms with van der Waals surface area (Å²) in [5, 5.41) is 9.92. The fourth-order valence-corrected chi connectivity index (χ4v) is 4.24. The van der Waals surface area contributed by atoms with Gasteiger partial charge in [0, 0.05) is 43.8 Å². The predicted octanol–water partition coefficient (Wildman–Crippen LogP) is 1.80. The van der Waals surface area contributed by atoms with Crippen molar-refractivity contribution in [2.75, 3.05) is 37.4 Å². The molecule has 0 saturated carbocycles. The largest absolute Gasteiger partial charge is 0.494 e. The fraction of sp³-hybridized carbons (Fsp3) is 0.429. The highest BCUT2D eigenvalue weighted by molar-refractivity contribution is 5.95. The molecule has 162 valence electrons. The average Bonchev–Trinajstić information content (AvgIpc) is 3.42. The van der Waals surface area contributed by atoms with Crippen LogP contribution in [0.4, 0.5) is 11.6 Å². The Balaban J connectivity index is 1.38. The SMILES string of the molecule is CCn1cc(N2CCN(Cc3nc4c5cccc(OC)c5nc(N)n4n3)[C@H](C)C2)cn1. The lowest BCUT2D eigenvalue weighted by Gasteiger charge is -2.39. The van der Waals surface area contributed by atoms with Gasteiger partial charge < -0.3 is 15.4 Å². The van der Waals surface area contributed by atoms with E-state index >= 15 is 0 Å². The molecule has 1 aliphatic heterocycles. The highest BCUT2D eigenvalue weighted by Gasteiger charge is 2.26. The van der Waals surface area contributed by atoms with Crippen molar-refractivity contribution in [1.82, 2.24) is 34.3 Å². The summed E-state index contributed by atoms with van der Waals surface area (Å²) in [6.45, 7) is 8.69. The summed E-state index contributed by atoms with van der Waals surface area (Å²) in [7, 11) is 1.63. The lowest BCUT2D eigenvalue weighted by Crippen LogP contribution is -2.51. The van der Waals surface area contributed by atoms with E-state index in [1.807, 2.05) is 29.1 Å². The summed E-state index contributed by atoms with van der Waals surface area (Å²) in [5.41, 5.74) is 8.76. The minimum absolute atomic E-state index is 0.302. The van der Waals surface area contributed by atoms with Gasteiger partial charge in [0.05, 0.1) is 25.5 Å². The second-order valence-electron chi connectivity index (χ2n) is 7.91. The Morgan fingerprint density at radius 2 is 2.10 bits per heavy atom. The summed E-state index contributed by atoms with van der Waals surface area (Å²) in [5.74, 6) is 1.71. The first-order valence-corrected chi connectivity index (χ1v) is 10.6. The van der Waals surface area contributed by atoms with Crippen molar-refractivity contribution < 1.29 is 4.74 Å². The van der Waals surface area contributed by atoms with Crippen molar-refractivity contribution in [1.29, 1.82) is 0 Å². The number of nitrogens with zero attached hydrogens (tertiary/aromatic N) is 8. The monoisotopic (exact) mass is 421 g/mol. The normalized spacial score (nSPS) is 17.6. The molecular weight excluding hydrogens is 394 g/mol. The highest BCUT2D eigenvalue weighted by Crippen LogP contribution is 2.28. The average molecular weight is 422 g/mol. The fourth-order valence-electron chi connectivity index (χ4n) is 4.24. The number of aromatic nitrogens is 6. The molecule has 1 fully saturated rings. The Morgan fingerprint density at radius 1 is 1.23 bits per heavy atom. The zero-order chi connectivity index (χ0) is 21.5. The Bertz CT molecular complexity index is 1230. The maximum absolute atomic E-state index is 6.18. The van der Waals surface area contributed by atoms with Crippen LogP contribution in [0.25, 0.3) is 16.6 Å². The minimum atomic E-state index is 0.302. The first-order chi connectivity index (χ1) is 15.1.